The van der Waals surface area contributed by atoms with Crippen molar-refractivity contribution in [3.05, 3.63) is 35.9 Å². The van der Waals surface area contributed by atoms with Crippen molar-refractivity contribution in [2.45, 2.75) is 65.3 Å². The highest BCUT2D eigenvalue weighted by molar-refractivity contribution is 6.08. The summed E-state index contributed by atoms with van der Waals surface area (Å²) in [5.74, 6) is -2.30. The van der Waals surface area contributed by atoms with Crippen LogP contribution >= 0.6 is 0 Å². The number of fused-ring (bicyclic) bond motifs is 1. The Hall–Kier alpha value is -3.16. The molecular weight excluding hydrogens is 448 g/mol. The molecule has 0 aromatic heterocycles. The minimum atomic E-state index is -1.05. The van der Waals surface area contributed by atoms with Gasteiger partial charge in [0, 0.05) is 0 Å². The second-order valence-electron chi connectivity index (χ2n) is 10.7. The number of carbonyl (C=O) groups is 4. The van der Waals surface area contributed by atoms with Crippen LogP contribution in [0, 0.1) is 17.8 Å². The topological polar surface area (TPSA) is 102 Å². The Morgan fingerprint density at radius 3 is 2.20 bits per heavy atom. The lowest BCUT2D eigenvalue weighted by Gasteiger charge is -2.26. The molecule has 3 atom stereocenters. The molecule has 1 N–H and O–H groups in total. The van der Waals surface area contributed by atoms with Crippen molar-refractivity contribution in [2.75, 3.05) is 19.0 Å². The largest absolute Gasteiger partial charge is 0.495 e. The lowest BCUT2D eigenvalue weighted by Crippen LogP contribution is -2.47. The van der Waals surface area contributed by atoms with E-state index in [1.54, 1.807) is 6.07 Å². The van der Waals surface area contributed by atoms with Crippen LogP contribution in [0.1, 0.15) is 59.4 Å². The van der Waals surface area contributed by atoms with Crippen LogP contribution < -0.4 is 10.1 Å². The van der Waals surface area contributed by atoms with E-state index >= 15 is 0 Å². The number of carbonyl (C=O) groups excluding carboxylic acids is 4. The van der Waals surface area contributed by atoms with Crippen LogP contribution in [-0.4, -0.2) is 48.3 Å². The smallest absolute Gasteiger partial charge is 0.329 e. The summed E-state index contributed by atoms with van der Waals surface area (Å²) >= 11 is 0. The van der Waals surface area contributed by atoms with Crippen LogP contribution in [0.15, 0.2) is 30.4 Å². The first-order valence-corrected chi connectivity index (χ1v) is 12.1. The molecule has 8 nitrogen and oxygen atoms in total. The lowest BCUT2D eigenvalue weighted by molar-refractivity contribution is -0.160. The number of allylic oxidation sites excluding steroid dienone is 2. The van der Waals surface area contributed by atoms with Gasteiger partial charge in [-0.25, -0.2) is 4.79 Å². The van der Waals surface area contributed by atoms with E-state index in [0.717, 1.165) is 10.5 Å². The number of rotatable bonds is 8. The van der Waals surface area contributed by atoms with Crippen LogP contribution in [-0.2, 0) is 29.3 Å². The third-order valence-electron chi connectivity index (χ3n) is 6.51. The molecule has 0 spiro atoms. The van der Waals surface area contributed by atoms with Crippen molar-refractivity contribution in [3.63, 3.8) is 0 Å². The van der Waals surface area contributed by atoms with Crippen molar-refractivity contribution in [3.8, 4) is 5.75 Å². The minimum Gasteiger partial charge on any atom is -0.495 e. The van der Waals surface area contributed by atoms with E-state index in [9.17, 15) is 19.2 Å². The molecule has 3 amide bonds. The fraction of sp³-hybridized carbons (Fsp3) is 0.556. The summed E-state index contributed by atoms with van der Waals surface area (Å²) in [6.45, 7) is 9.45. The van der Waals surface area contributed by atoms with E-state index < -0.39 is 36.4 Å². The Labute approximate surface area is 207 Å². The van der Waals surface area contributed by atoms with Crippen molar-refractivity contribution < 1.29 is 28.7 Å². The molecule has 0 saturated carbocycles. The fourth-order valence-corrected chi connectivity index (χ4v) is 4.58. The van der Waals surface area contributed by atoms with E-state index in [2.05, 4.69) is 26.1 Å². The van der Waals surface area contributed by atoms with Gasteiger partial charge in [-0.3, -0.25) is 19.3 Å². The summed E-state index contributed by atoms with van der Waals surface area (Å²) in [4.78, 5) is 52.8. The van der Waals surface area contributed by atoms with Crippen LogP contribution in [0.2, 0.25) is 0 Å². The van der Waals surface area contributed by atoms with Crippen LogP contribution in [0.3, 0.4) is 0 Å². The molecule has 1 aromatic rings. The number of hydrogen-bond donors (Lipinski definition) is 1. The molecule has 35 heavy (non-hydrogen) atoms. The Morgan fingerprint density at radius 1 is 1.09 bits per heavy atom. The predicted octanol–water partition coefficient (Wildman–Crippen LogP) is 3.84. The van der Waals surface area contributed by atoms with Gasteiger partial charge in [-0.15, -0.1) is 0 Å². The average molecular weight is 485 g/mol. The van der Waals surface area contributed by atoms with Gasteiger partial charge in [-0.2, -0.15) is 0 Å². The van der Waals surface area contributed by atoms with Gasteiger partial charge in [-0.05, 0) is 48.3 Å². The molecule has 0 bridgehead atoms. The molecule has 0 radical (unpaired) electrons. The Morgan fingerprint density at radius 2 is 1.69 bits per heavy atom. The highest BCUT2D eigenvalue weighted by Gasteiger charge is 2.51. The molecule has 3 rings (SSSR count). The number of ether oxygens (including phenoxy) is 2. The van der Waals surface area contributed by atoms with Crippen LogP contribution in [0.5, 0.6) is 5.75 Å². The van der Waals surface area contributed by atoms with E-state index in [1.165, 1.54) is 7.11 Å². The van der Waals surface area contributed by atoms with Gasteiger partial charge in [0.05, 0.1) is 24.6 Å². The minimum absolute atomic E-state index is 0.0344. The first-order valence-electron chi connectivity index (χ1n) is 12.1. The number of benzene rings is 1. The van der Waals surface area contributed by atoms with E-state index in [0.29, 0.717) is 24.3 Å². The number of imide groups is 1. The Bertz CT molecular complexity index is 997. The monoisotopic (exact) mass is 484 g/mol. The molecule has 190 valence electrons. The summed E-state index contributed by atoms with van der Waals surface area (Å²) in [5, 5.41) is 2.74. The normalized spacial score (nSPS) is 20.6. The third kappa shape index (κ3) is 5.92. The highest BCUT2D eigenvalue weighted by Crippen LogP contribution is 2.37. The zero-order valence-corrected chi connectivity index (χ0v) is 21.4. The summed E-state index contributed by atoms with van der Waals surface area (Å²) in [7, 11) is 1.51. The fourth-order valence-electron chi connectivity index (χ4n) is 4.58. The Balaban J connectivity index is 1.70. The molecule has 1 fully saturated rings. The highest BCUT2D eigenvalue weighted by atomic mass is 16.5. The molecule has 1 saturated heterocycles. The quantitative estimate of drug-likeness (QED) is 0.342. The first-order chi connectivity index (χ1) is 16.4. The van der Waals surface area contributed by atoms with Gasteiger partial charge in [-0.1, -0.05) is 52.8 Å². The number of nitrogens with zero attached hydrogens (tertiary/aromatic N) is 1. The maximum absolute atomic E-state index is 13.0. The summed E-state index contributed by atoms with van der Waals surface area (Å²) in [5.41, 5.74) is 1.34. The first kappa shape index (κ1) is 26.4. The lowest BCUT2D eigenvalue weighted by atomic mass is 9.85. The average Bonchev–Trinajstić information content (AvgIpc) is 3.05. The summed E-state index contributed by atoms with van der Waals surface area (Å²) in [6.07, 6.45) is 5.06. The number of nitrogens with one attached hydrogen (secondary N) is 1. The number of methoxy groups -OCH3 is 1. The Kier molecular flexibility index (Phi) is 8.03. The second-order valence-corrected chi connectivity index (χ2v) is 10.7. The molecule has 1 heterocycles. The molecule has 3 unspecified atom stereocenters. The molecule has 1 aromatic carbocycles. The van der Waals surface area contributed by atoms with Crippen molar-refractivity contribution >= 4 is 29.4 Å². The summed E-state index contributed by atoms with van der Waals surface area (Å²) in [6, 6.07) is 4.49. The maximum Gasteiger partial charge on any atom is 0.329 e. The van der Waals surface area contributed by atoms with E-state index in [4.69, 9.17) is 9.47 Å². The molecule has 2 aliphatic rings. The van der Waals surface area contributed by atoms with Gasteiger partial charge in [0.25, 0.3) is 5.91 Å². The van der Waals surface area contributed by atoms with Crippen molar-refractivity contribution in [2.24, 2.45) is 17.8 Å². The third-order valence-corrected chi connectivity index (χ3v) is 6.51. The number of amides is 3. The van der Waals surface area contributed by atoms with Gasteiger partial charge >= 0.3 is 5.97 Å². The van der Waals surface area contributed by atoms with Crippen LogP contribution in [0.4, 0.5) is 5.69 Å². The molecule has 1 aliphatic carbocycles. The number of esters is 1. The molecular formula is C27H36N2O6. The van der Waals surface area contributed by atoms with Gasteiger partial charge < -0.3 is 14.8 Å². The number of hydrogen-bond acceptors (Lipinski definition) is 6. The standard InChI is InChI=1S/C27H36N2O6/c1-16(2)13-21(29-24(31)18-9-7-8-10-19(18)25(29)32)26(33)35-15-23(30)28-20-14-17(27(3,4)5)11-12-22(20)34-6/h7-8,11-12,14,16,18-19,21H,9-10,13,15H2,1-6H3,(H,28,30). The van der Waals surface area contributed by atoms with Gasteiger partial charge in [0.1, 0.15) is 11.8 Å². The van der Waals surface area contributed by atoms with Gasteiger partial charge in [0.15, 0.2) is 6.61 Å². The zero-order chi connectivity index (χ0) is 25.9. The number of likely N-dealkylation sites (tertiary alicyclic amines) is 1. The van der Waals surface area contributed by atoms with Crippen molar-refractivity contribution in [1.29, 1.82) is 0 Å². The maximum atomic E-state index is 13.0. The zero-order valence-electron chi connectivity index (χ0n) is 21.4. The van der Waals surface area contributed by atoms with Gasteiger partial charge in [0.2, 0.25) is 11.8 Å². The molecule has 1 aliphatic heterocycles. The van der Waals surface area contributed by atoms with Crippen LogP contribution in [0.25, 0.3) is 0 Å². The summed E-state index contributed by atoms with van der Waals surface area (Å²) < 4.78 is 10.7. The number of anilines is 1. The SMILES string of the molecule is COc1ccc(C(C)(C)C)cc1NC(=O)COC(=O)C(CC(C)C)N1C(=O)C2CC=CCC2C1=O. The van der Waals surface area contributed by atoms with E-state index in [-0.39, 0.29) is 29.6 Å². The van der Waals surface area contributed by atoms with Crippen molar-refractivity contribution in [1.82, 2.24) is 4.90 Å². The second kappa shape index (κ2) is 10.6. The van der Waals surface area contributed by atoms with E-state index in [1.807, 2.05) is 38.1 Å². The predicted molar refractivity (Wildman–Crippen MR) is 132 cm³/mol. The molecule has 8 heteroatoms.